The van der Waals surface area contributed by atoms with Crippen LogP contribution in [0, 0.1) is 0 Å². The summed E-state index contributed by atoms with van der Waals surface area (Å²) in [7, 11) is 0. The predicted molar refractivity (Wildman–Crippen MR) is 111 cm³/mol. The Kier molecular flexibility index (Phi) is 7.32. The topological polar surface area (TPSA) is 97.1 Å². The van der Waals surface area contributed by atoms with E-state index < -0.39 is 0 Å². The number of nitrogens with zero attached hydrogens (tertiary/aromatic N) is 2. The maximum Gasteiger partial charge on any atom is 0.226 e. The van der Waals surface area contributed by atoms with E-state index in [4.69, 9.17) is 4.52 Å². The van der Waals surface area contributed by atoms with Crippen molar-refractivity contribution in [2.75, 3.05) is 11.9 Å². The van der Waals surface area contributed by atoms with Gasteiger partial charge in [0, 0.05) is 36.0 Å². The number of halogens is 1. The fraction of sp³-hybridized carbons (Fsp3) is 0.263. The lowest BCUT2D eigenvalue weighted by atomic mass is 10.2. The van der Waals surface area contributed by atoms with Crippen LogP contribution in [0.25, 0.3) is 10.7 Å². The molecule has 9 heteroatoms. The van der Waals surface area contributed by atoms with Gasteiger partial charge >= 0.3 is 0 Å². The van der Waals surface area contributed by atoms with E-state index >= 15 is 0 Å². The van der Waals surface area contributed by atoms with E-state index in [1.54, 1.807) is 11.3 Å². The number of carbonyl (C=O) groups excluding carboxylic acids is 2. The molecular formula is C19H19BrN4O3S. The molecule has 0 fully saturated rings. The number of amides is 2. The molecular weight excluding hydrogens is 444 g/mol. The molecule has 2 amide bonds. The molecule has 0 aliphatic rings. The molecule has 28 heavy (non-hydrogen) atoms. The van der Waals surface area contributed by atoms with E-state index in [9.17, 15) is 9.59 Å². The highest BCUT2D eigenvalue weighted by atomic mass is 79.9. The number of carbonyl (C=O) groups is 2. The lowest BCUT2D eigenvalue weighted by molar-refractivity contribution is -0.121. The third kappa shape index (κ3) is 6.28. The maximum absolute atomic E-state index is 11.9. The van der Waals surface area contributed by atoms with Crippen molar-refractivity contribution in [1.29, 1.82) is 0 Å². The van der Waals surface area contributed by atoms with Crippen LogP contribution in [0.5, 0.6) is 0 Å². The van der Waals surface area contributed by atoms with Gasteiger partial charge in [0.15, 0.2) is 0 Å². The summed E-state index contributed by atoms with van der Waals surface area (Å²) in [6.07, 6.45) is 1.69. The molecule has 3 aromatic rings. The van der Waals surface area contributed by atoms with Crippen molar-refractivity contribution in [1.82, 2.24) is 15.5 Å². The van der Waals surface area contributed by atoms with Crippen LogP contribution < -0.4 is 10.6 Å². The average molecular weight is 463 g/mol. The molecule has 0 spiro atoms. The first-order valence-corrected chi connectivity index (χ1v) is 10.5. The first-order valence-electron chi connectivity index (χ1n) is 8.79. The van der Waals surface area contributed by atoms with E-state index in [0.717, 1.165) is 15.0 Å². The van der Waals surface area contributed by atoms with Gasteiger partial charge in [0.25, 0.3) is 0 Å². The summed E-state index contributed by atoms with van der Waals surface area (Å²) in [6, 6.07) is 11.2. The minimum Gasteiger partial charge on any atom is -0.356 e. The third-order valence-corrected chi connectivity index (χ3v) is 5.20. The van der Waals surface area contributed by atoms with E-state index in [1.807, 2.05) is 41.8 Å². The highest BCUT2D eigenvalue weighted by molar-refractivity contribution is 9.10. The van der Waals surface area contributed by atoms with Crippen molar-refractivity contribution in [3.63, 3.8) is 0 Å². The predicted octanol–water partition coefficient (Wildman–Crippen LogP) is 4.03. The number of thiophene rings is 1. The monoisotopic (exact) mass is 462 g/mol. The van der Waals surface area contributed by atoms with Crippen LogP contribution in [-0.2, 0) is 16.0 Å². The first-order chi connectivity index (χ1) is 13.6. The van der Waals surface area contributed by atoms with Crippen LogP contribution in [0.1, 0.15) is 25.2 Å². The Morgan fingerprint density at radius 2 is 1.93 bits per heavy atom. The Morgan fingerprint density at radius 3 is 2.68 bits per heavy atom. The Hall–Kier alpha value is -2.52. The third-order valence-electron chi connectivity index (χ3n) is 3.81. The molecule has 0 bridgehead atoms. The summed E-state index contributed by atoms with van der Waals surface area (Å²) in [5.74, 6) is 0.848. The Morgan fingerprint density at radius 1 is 1.11 bits per heavy atom. The zero-order chi connectivity index (χ0) is 19.8. The minimum absolute atomic E-state index is 0.102. The van der Waals surface area contributed by atoms with E-state index in [2.05, 4.69) is 36.7 Å². The Bertz CT molecular complexity index is 910. The standard InChI is InChI=1S/C19H19BrN4O3S/c20-13-6-8-14(9-7-13)22-17(26)10-11-21-16(25)4-1-5-18-23-19(24-27-18)15-3-2-12-28-15/h2-3,6-9,12H,1,4-5,10-11H2,(H,21,25)(H,22,26). The smallest absolute Gasteiger partial charge is 0.226 e. The van der Waals surface area contributed by atoms with Crippen molar-refractivity contribution in [2.45, 2.75) is 25.7 Å². The van der Waals surface area contributed by atoms with Gasteiger partial charge in [-0.25, -0.2) is 0 Å². The van der Waals surface area contributed by atoms with Gasteiger partial charge < -0.3 is 15.2 Å². The number of aromatic nitrogens is 2. The van der Waals surface area contributed by atoms with Crippen LogP contribution in [0.2, 0.25) is 0 Å². The number of hydrogen-bond donors (Lipinski definition) is 2. The fourth-order valence-corrected chi connectivity index (χ4v) is 3.34. The fourth-order valence-electron chi connectivity index (χ4n) is 2.42. The largest absolute Gasteiger partial charge is 0.356 e. The van der Waals surface area contributed by atoms with Crippen molar-refractivity contribution in [2.24, 2.45) is 0 Å². The molecule has 0 radical (unpaired) electrons. The summed E-state index contributed by atoms with van der Waals surface area (Å²) in [5.41, 5.74) is 0.723. The van der Waals surface area contributed by atoms with Crippen molar-refractivity contribution >= 4 is 44.8 Å². The molecule has 2 heterocycles. The Labute approximate surface area is 174 Å². The van der Waals surface area contributed by atoms with Gasteiger partial charge in [-0.15, -0.1) is 11.3 Å². The van der Waals surface area contributed by atoms with E-state index in [0.29, 0.717) is 37.5 Å². The summed E-state index contributed by atoms with van der Waals surface area (Å²) < 4.78 is 6.15. The van der Waals surface area contributed by atoms with Gasteiger partial charge in [0.2, 0.25) is 23.5 Å². The average Bonchev–Trinajstić information content (AvgIpc) is 3.35. The highest BCUT2D eigenvalue weighted by Gasteiger charge is 2.10. The van der Waals surface area contributed by atoms with Crippen molar-refractivity contribution in [3.05, 3.63) is 52.1 Å². The zero-order valence-electron chi connectivity index (χ0n) is 15.0. The molecule has 1 aromatic carbocycles. The lowest BCUT2D eigenvalue weighted by Gasteiger charge is -2.06. The summed E-state index contributed by atoms with van der Waals surface area (Å²) in [5, 5.41) is 11.4. The van der Waals surface area contributed by atoms with Gasteiger partial charge in [-0.1, -0.05) is 27.2 Å². The molecule has 2 aromatic heterocycles. The van der Waals surface area contributed by atoms with Crippen LogP contribution in [0.3, 0.4) is 0 Å². The maximum atomic E-state index is 11.9. The zero-order valence-corrected chi connectivity index (χ0v) is 17.4. The molecule has 3 rings (SSSR count). The first kappa shape index (κ1) is 20.2. The molecule has 146 valence electrons. The number of nitrogens with one attached hydrogen (secondary N) is 2. The van der Waals surface area contributed by atoms with Gasteiger partial charge in [-0.3, -0.25) is 9.59 Å². The number of aryl methyl sites for hydroxylation is 1. The van der Waals surface area contributed by atoms with Crippen LogP contribution in [0.15, 0.2) is 50.8 Å². The molecule has 7 nitrogen and oxygen atoms in total. The van der Waals surface area contributed by atoms with Gasteiger partial charge in [0.1, 0.15) is 0 Å². The molecule has 0 atom stereocenters. The van der Waals surface area contributed by atoms with E-state index in [1.165, 1.54) is 0 Å². The van der Waals surface area contributed by atoms with Crippen LogP contribution in [-0.4, -0.2) is 28.5 Å². The van der Waals surface area contributed by atoms with Crippen LogP contribution >= 0.6 is 27.3 Å². The molecule has 0 saturated carbocycles. The highest BCUT2D eigenvalue weighted by Crippen LogP contribution is 2.21. The van der Waals surface area contributed by atoms with Gasteiger partial charge in [-0.2, -0.15) is 4.98 Å². The van der Waals surface area contributed by atoms with Crippen LogP contribution in [0.4, 0.5) is 5.69 Å². The van der Waals surface area contributed by atoms with Crippen molar-refractivity contribution < 1.29 is 14.1 Å². The lowest BCUT2D eigenvalue weighted by Crippen LogP contribution is -2.27. The normalized spacial score (nSPS) is 10.6. The number of anilines is 1. The van der Waals surface area contributed by atoms with E-state index in [-0.39, 0.29) is 18.2 Å². The molecule has 0 aliphatic carbocycles. The summed E-state index contributed by atoms with van der Waals surface area (Å²) >= 11 is 4.89. The number of hydrogen-bond acceptors (Lipinski definition) is 6. The SMILES string of the molecule is O=C(CCCc1nc(-c2cccs2)no1)NCCC(=O)Nc1ccc(Br)cc1. The van der Waals surface area contributed by atoms with Crippen molar-refractivity contribution in [3.8, 4) is 10.7 Å². The minimum atomic E-state index is -0.144. The second kappa shape index (κ2) is 10.1. The van der Waals surface area contributed by atoms with Gasteiger partial charge in [0.05, 0.1) is 4.88 Å². The summed E-state index contributed by atoms with van der Waals surface area (Å²) in [4.78, 5) is 29.0. The number of benzene rings is 1. The molecule has 0 aliphatic heterocycles. The molecule has 0 unspecified atom stereocenters. The second-order valence-corrected chi connectivity index (χ2v) is 7.86. The summed E-state index contributed by atoms with van der Waals surface area (Å²) in [6.45, 7) is 0.296. The Balaban J connectivity index is 1.30. The quantitative estimate of drug-likeness (QED) is 0.500. The number of rotatable bonds is 9. The molecule has 2 N–H and O–H groups in total. The van der Waals surface area contributed by atoms with Gasteiger partial charge in [-0.05, 0) is 42.1 Å². The molecule has 0 saturated heterocycles. The second-order valence-electron chi connectivity index (χ2n) is 6.00.